The lowest BCUT2D eigenvalue weighted by molar-refractivity contribution is -0.389. The largest absolute Gasteiger partial charge is 0.469 e. The number of carbonyl (C=O) groups is 1. The van der Waals surface area contributed by atoms with Crippen molar-refractivity contribution in [2.24, 2.45) is 5.92 Å². The zero-order chi connectivity index (χ0) is 15.0. The van der Waals surface area contributed by atoms with Gasteiger partial charge < -0.3 is 20.2 Å². The lowest BCUT2D eigenvalue weighted by Gasteiger charge is -2.11. The molecule has 0 radical (unpaired) electrons. The molecule has 1 fully saturated rings. The second-order valence-electron chi connectivity index (χ2n) is 4.97. The summed E-state index contributed by atoms with van der Waals surface area (Å²) in [6.45, 7) is 0. The summed E-state index contributed by atoms with van der Waals surface area (Å²) in [6, 6.07) is -0.00240. The van der Waals surface area contributed by atoms with Crippen LogP contribution in [0.1, 0.15) is 19.3 Å². The van der Waals surface area contributed by atoms with Crippen LogP contribution in [0.5, 0.6) is 0 Å². The summed E-state index contributed by atoms with van der Waals surface area (Å²) in [5.74, 6) is -0.162. The lowest BCUT2D eigenvalue weighted by atomic mass is 10.1. The van der Waals surface area contributed by atoms with Crippen molar-refractivity contribution in [3.8, 4) is 0 Å². The lowest BCUT2D eigenvalue weighted by Crippen LogP contribution is -2.19. The van der Waals surface area contributed by atoms with E-state index in [0.717, 1.165) is 12.8 Å². The summed E-state index contributed by atoms with van der Waals surface area (Å²) < 4.78 is 6.20. The van der Waals surface area contributed by atoms with E-state index in [2.05, 4.69) is 10.3 Å². The van der Waals surface area contributed by atoms with E-state index in [9.17, 15) is 14.9 Å². The number of anilines is 1. The van der Waals surface area contributed by atoms with Gasteiger partial charge in [-0.1, -0.05) is 11.3 Å². The number of rotatable bonds is 4. The first-order chi connectivity index (χ1) is 10.1. The zero-order valence-electron chi connectivity index (χ0n) is 11.3. The third-order valence-corrected chi connectivity index (χ3v) is 4.47. The molecule has 0 aliphatic heterocycles. The van der Waals surface area contributed by atoms with E-state index in [1.807, 2.05) is 0 Å². The predicted octanol–water partition coefficient (Wildman–Crippen LogP) is 2.06. The molecule has 0 aromatic carbocycles. The molecule has 0 saturated heterocycles. The van der Waals surface area contributed by atoms with Crippen LogP contribution in [0.4, 0.5) is 11.6 Å². The molecule has 21 heavy (non-hydrogen) atoms. The van der Waals surface area contributed by atoms with Gasteiger partial charge in [-0.3, -0.25) is 4.79 Å². The normalized spacial score (nSPS) is 21.6. The molecule has 1 saturated carbocycles. The Bertz CT molecular complexity index is 695. The number of fused-ring (bicyclic) bond motifs is 1. The number of hydrogen-bond acceptors (Lipinski definition) is 7. The Hall–Kier alpha value is -2.16. The molecule has 2 heterocycles. The van der Waals surface area contributed by atoms with Crippen molar-refractivity contribution in [3.05, 3.63) is 21.7 Å². The highest BCUT2D eigenvalue weighted by molar-refractivity contribution is 7.15. The molecule has 1 aliphatic rings. The van der Waals surface area contributed by atoms with Crippen molar-refractivity contribution < 1.29 is 14.5 Å². The number of carbonyl (C=O) groups excluding carboxylic acids is 1. The maximum Gasteiger partial charge on any atom is 0.372 e. The fourth-order valence-corrected chi connectivity index (χ4v) is 3.44. The maximum absolute atomic E-state index is 11.5. The van der Waals surface area contributed by atoms with Crippen LogP contribution in [0.2, 0.25) is 0 Å². The number of nitro groups is 1. The number of thiazole rings is 1. The summed E-state index contributed by atoms with van der Waals surface area (Å²) in [4.78, 5) is 27.1. The van der Waals surface area contributed by atoms with Gasteiger partial charge in [0.1, 0.15) is 6.20 Å². The van der Waals surface area contributed by atoms with E-state index in [1.165, 1.54) is 22.8 Å². The number of aromatic nitrogens is 2. The summed E-state index contributed by atoms with van der Waals surface area (Å²) in [6.07, 6.45) is 3.72. The number of hydrogen-bond donors (Lipinski definition) is 1. The first kappa shape index (κ1) is 13.8. The molecule has 9 heteroatoms. The number of nitrogens with one attached hydrogen (secondary N) is 1. The van der Waals surface area contributed by atoms with Crippen LogP contribution in [-0.2, 0) is 9.53 Å². The average molecular weight is 310 g/mol. The zero-order valence-corrected chi connectivity index (χ0v) is 12.1. The first-order valence-electron chi connectivity index (χ1n) is 6.54. The van der Waals surface area contributed by atoms with E-state index < -0.39 is 4.92 Å². The highest BCUT2D eigenvalue weighted by Crippen LogP contribution is 2.33. The monoisotopic (exact) mass is 310 g/mol. The first-order valence-corrected chi connectivity index (χ1v) is 7.42. The van der Waals surface area contributed by atoms with Gasteiger partial charge in [0.25, 0.3) is 4.96 Å². The standard InChI is InChI=1S/C12H14N4O4S/c1-20-11(17)7-2-3-8(6-7)13-9-10(16(18)19)15-4-5-21-12(15)14-9/h4-5,7-8,13H,2-3,6H2,1H3/t7-,8+/m0/s1. The molecule has 0 amide bonds. The SMILES string of the molecule is COC(=O)[C@H]1CC[C@@H](Nc2nc3sccn3c2[N+](=O)[O-])C1. The molecule has 2 aromatic rings. The fraction of sp³-hybridized carbons (Fsp3) is 0.500. The van der Waals surface area contributed by atoms with Crippen LogP contribution in [0, 0.1) is 16.0 Å². The molecule has 0 spiro atoms. The Morgan fingerprint density at radius 3 is 3.14 bits per heavy atom. The van der Waals surface area contributed by atoms with Crippen molar-refractivity contribution in [3.63, 3.8) is 0 Å². The molecule has 2 aromatic heterocycles. The van der Waals surface area contributed by atoms with Gasteiger partial charge in [-0.25, -0.2) is 0 Å². The highest BCUT2D eigenvalue weighted by atomic mass is 32.1. The van der Waals surface area contributed by atoms with Crippen LogP contribution in [0.15, 0.2) is 11.6 Å². The number of imidazole rings is 1. The van der Waals surface area contributed by atoms with E-state index in [1.54, 1.807) is 11.6 Å². The number of esters is 1. The van der Waals surface area contributed by atoms with Crippen LogP contribution in [0.3, 0.4) is 0 Å². The number of methoxy groups -OCH3 is 1. The smallest absolute Gasteiger partial charge is 0.372 e. The topological polar surface area (TPSA) is 98.8 Å². The fourth-order valence-electron chi connectivity index (χ4n) is 2.73. The number of nitrogens with zero attached hydrogens (tertiary/aromatic N) is 3. The molecule has 0 bridgehead atoms. The van der Waals surface area contributed by atoms with Crippen molar-refractivity contribution in [2.75, 3.05) is 12.4 Å². The number of ether oxygens (including phenoxy) is 1. The summed E-state index contributed by atoms with van der Waals surface area (Å²) >= 11 is 1.34. The van der Waals surface area contributed by atoms with Crippen molar-refractivity contribution in [1.29, 1.82) is 0 Å². The Labute approximate surface area is 123 Å². The Morgan fingerprint density at radius 2 is 2.43 bits per heavy atom. The third-order valence-electron chi connectivity index (χ3n) is 3.72. The van der Waals surface area contributed by atoms with Crippen molar-refractivity contribution in [1.82, 2.24) is 9.38 Å². The molecule has 8 nitrogen and oxygen atoms in total. The molecular formula is C12H14N4O4S. The summed E-state index contributed by atoms with van der Waals surface area (Å²) in [7, 11) is 1.37. The van der Waals surface area contributed by atoms with Crippen LogP contribution in [-0.4, -0.2) is 33.4 Å². The second kappa shape index (κ2) is 5.32. The van der Waals surface area contributed by atoms with E-state index in [-0.39, 0.29) is 29.6 Å². The van der Waals surface area contributed by atoms with Crippen LogP contribution >= 0.6 is 11.3 Å². The van der Waals surface area contributed by atoms with E-state index in [0.29, 0.717) is 11.4 Å². The van der Waals surface area contributed by atoms with E-state index >= 15 is 0 Å². The van der Waals surface area contributed by atoms with Gasteiger partial charge in [-0.2, -0.15) is 9.38 Å². The summed E-state index contributed by atoms with van der Waals surface area (Å²) in [5.41, 5.74) is 0. The second-order valence-corrected chi connectivity index (χ2v) is 5.84. The van der Waals surface area contributed by atoms with Gasteiger partial charge in [-0.05, 0) is 24.2 Å². The molecule has 0 unspecified atom stereocenters. The minimum Gasteiger partial charge on any atom is -0.469 e. The predicted molar refractivity (Wildman–Crippen MR) is 76.5 cm³/mol. The van der Waals surface area contributed by atoms with Gasteiger partial charge in [0.15, 0.2) is 0 Å². The van der Waals surface area contributed by atoms with Gasteiger partial charge in [0.05, 0.1) is 13.0 Å². The van der Waals surface area contributed by atoms with Crippen LogP contribution in [0.25, 0.3) is 4.96 Å². The maximum atomic E-state index is 11.5. The van der Waals surface area contributed by atoms with Gasteiger partial charge in [0, 0.05) is 11.4 Å². The van der Waals surface area contributed by atoms with Crippen LogP contribution < -0.4 is 5.32 Å². The molecule has 2 atom stereocenters. The minimum atomic E-state index is -0.443. The Balaban J connectivity index is 1.79. The van der Waals surface area contributed by atoms with Gasteiger partial charge in [0.2, 0.25) is 5.82 Å². The van der Waals surface area contributed by atoms with E-state index in [4.69, 9.17) is 4.74 Å². The summed E-state index contributed by atoms with van der Waals surface area (Å²) in [5, 5.41) is 16.1. The molecular weight excluding hydrogens is 296 g/mol. The molecule has 1 N–H and O–H groups in total. The van der Waals surface area contributed by atoms with Gasteiger partial charge >= 0.3 is 11.8 Å². The highest BCUT2D eigenvalue weighted by Gasteiger charge is 2.33. The van der Waals surface area contributed by atoms with Gasteiger partial charge in [-0.15, -0.1) is 0 Å². The molecule has 3 rings (SSSR count). The molecule has 1 aliphatic carbocycles. The van der Waals surface area contributed by atoms with Crippen molar-refractivity contribution >= 4 is 33.9 Å². The Kier molecular flexibility index (Phi) is 3.50. The third kappa shape index (κ3) is 2.44. The molecule has 112 valence electrons. The van der Waals surface area contributed by atoms with Crippen molar-refractivity contribution in [2.45, 2.75) is 25.3 Å². The Morgan fingerprint density at radius 1 is 1.62 bits per heavy atom. The quantitative estimate of drug-likeness (QED) is 0.527. The average Bonchev–Trinajstić information content (AvgIpc) is 3.12. The minimum absolute atomic E-state index is 0.00240.